The Kier molecular flexibility index (Phi) is 9.03. The van der Waals surface area contributed by atoms with E-state index in [0.29, 0.717) is 12.5 Å². The van der Waals surface area contributed by atoms with Crippen molar-refractivity contribution in [3.05, 3.63) is 59.7 Å². The molecule has 0 N–H and O–H groups in total. The molecule has 0 fully saturated rings. The van der Waals surface area contributed by atoms with Gasteiger partial charge in [-0.3, -0.25) is 4.90 Å². The number of hydrogen-bond donors (Lipinski definition) is 0. The SMILES string of the molecule is COc1cc2c(cc1OC)CN(CCCOc1ccc3ccccc3n1)CC2.Cl.Cl. The molecule has 1 aliphatic heterocycles. The highest BCUT2D eigenvalue weighted by atomic mass is 35.5. The number of aromatic nitrogens is 1. The largest absolute Gasteiger partial charge is 0.493 e. The van der Waals surface area contributed by atoms with Crippen LogP contribution in [-0.2, 0) is 13.0 Å². The molecular formula is C23H28Cl2N2O3. The van der Waals surface area contributed by atoms with Gasteiger partial charge in [-0.15, -0.1) is 24.8 Å². The Morgan fingerprint density at radius 3 is 2.43 bits per heavy atom. The van der Waals surface area contributed by atoms with Gasteiger partial charge in [0.05, 0.1) is 26.3 Å². The quantitative estimate of drug-likeness (QED) is 0.477. The average molecular weight is 451 g/mol. The van der Waals surface area contributed by atoms with Crippen molar-refractivity contribution in [3.8, 4) is 17.4 Å². The minimum absolute atomic E-state index is 0. The Bertz CT molecular complexity index is 968. The van der Waals surface area contributed by atoms with E-state index in [4.69, 9.17) is 14.2 Å². The minimum Gasteiger partial charge on any atom is -0.493 e. The van der Waals surface area contributed by atoms with Gasteiger partial charge in [0.1, 0.15) is 0 Å². The first-order valence-electron chi connectivity index (χ1n) is 9.71. The zero-order chi connectivity index (χ0) is 19.3. The van der Waals surface area contributed by atoms with Crippen molar-refractivity contribution < 1.29 is 14.2 Å². The summed E-state index contributed by atoms with van der Waals surface area (Å²) < 4.78 is 16.7. The molecule has 0 saturated carbocycles. The van der Waals surface area contributed by atoms with Crippen molar-refractivity contribution in [2.24, 2.45) is 0 Å². The Labute approximate surface area is 190 Å². The van der Waals surface area contributed by atoms with E-state index in [-0.39, 0.29) is 24.8 Å². The predicted octanol–water partition coefficient (Wildman–Crippen LogP) is 4.92. The fraction of sp³-hybridized carbons (Fsp3) is 0.348. The van der Waals surface area contributed by atoms with Crippen LogP contribution < -0.4 is 14.2 Å². The minimum atomic E-state index is 0. The van der Waals surface area contributed by atoms with Crippen LogP contribution in [0.25, 0.3) is 10.9 Å². The van der Waals surface area contributed by atoms with E-state index in [1.165, 1.54) is 11.1 Å². The van der Waals surface area contributed by atoms with Crippen LogP contribution in [0.3, 0.4) is 0 Å². The summed E-state index contributed by atoms with van der Waals surface area (Å²) in [5.41, 5.74) is 3.64. The van der Waals surface area contributed by atoms with Crippen LogP contribution in [0.4, 0.5) is 0 Å². The third kappa shape index (κ3) is 5.48. The van der Waals surface area contributed by atoms with Crippen LogP contribution in [0.5, 0.6) is 17.4 Å². The van der Waals surface area contributed by atoms with Gasteiger partial charge < -0.3 is 14.2 Å². The van der Waals surface area contributed by atoms with Crippen molar-refractivity contribution >= 4 is 35.7 Å². The van der Waals surface area contributed by atoms with E-state index in [0.717, 1.165) is 54.9 Å². The Hall–Kier alpha value is -2.21. The van der Waals surface area contributed by atoms with E-state index in [9.17, 15) is 0 Å². The second kappa shape index (κ2) is 11.3. The predicted molar refractivity (Wildman–Crippen MR) is 125 cm³/mol. The lowest BCUT2D eigenvalue weighted by Crippen LogP contribution is -2.32. The number of fused-ring (bicyclic) bond motifs is 2. The van der Waals surface area contributed by atoms with Crippen LogP contribution >= 0.6 is 24.8 Å². The summed E-state index contributed by atoms with van der Waals surface area (Å²) >= 11 is 0. The van der Waals surface area contributed by atoms with Gasteiger partial charge >= 0.3 is 0 Å². The molecule has 5 nitrogen and oxygen atoms in total. The molecule has 0 atom stereocenters. The highest BCUT2D eigenvalue weighted by molar-refractivity contribution is 5.85. The summed E-state index contributed by atoms with van der Waals surface area (Å²) in [4.78, 5) is 7.03. The van der Waals surface area contributed by atoms with Gasteiger partial charge in [-0.05, 0) is 48.2 Å². The molecule has 0 amide bonds. The first-order chi connectivity index (χ1) is 13.8. The second-order valence-corrected chi connectivity index (χ2v) is 7.05. The average Bonchev–Trinajstić information content (AvgIpc) is 2.75. The number of hydrogen-bond acceptors (Lipinski definition) is 5. The van der Waals surface area contributed by atoms with Crippen LogP contribution in [0.15, 0.2) is 48.5 Å². The molecule has 7 heteroatoms. The molecule has 1 aromatic heterocycles. The number of methoxy groups -OCH3 is 2. The standard InChI is InChI=1S/C23H26N2O3.2ClH/c1-26-21-14-18-10-12-25(16-19(18)15-22(21)27-2)11-5-13-28-23-9-8-17-6-3-4-7-20(17)24-23;;/h3-4,6-9,14-15H,5,10-13,16H2,1-2H3;2*1H. The van der Waals surface area contributed by atoms with Crippen molar-refractivity contribution in [1.82, 2.24) is 9.88 Å². The molecule has 0 bridgehead atoms. The molecule has 1 aliphatic rings. The summed E-state index contributed by atoms with van der Waals surface area (Å²) in [5, 5.41) is 1.13. The number of benzene rings is 2. The smallest absolute Gasteiger partial charge is 0.213 e. The molecule has 2 heterocycles. The molecule has 2 aromatic carbocycles. The Morgan fingerprint density at radius 1 is 0.933 bits per heavy atom. The molecule has 0 saturated heterocycles. The Morgan fingerprint density at radius 2 is 1.67 bits per heavy atom. The van der Waals surface area contributed by atoms with Crippen LogP contribution in [0, 0.1) is 0 Å². The normalized spacial score (nSPS) is 13.0. The van der Waals surface area contributed by atoms with Gasteiger partial charge in [0, 0.05) is 31.1 Å². The molecule has 3 aromatic rings. The second-order valence-electron chi connectivity index (χ2n) is 7.05. The first-order valence-corrected chi connectivity index (χ1v) is 9.71. The number of nitrogens with zero attached hydrogens (tertiary/aromatic N) is 2. The maximum Gasteiger partial charge on any atom is 0.213 e. The number of pyridine rings is 1. The summed E-state index contributed by atoms with van der Waals surface area (Å²) in [7, 11) is 3.37. The molecule has 0 unspecified atom stereocenters. The van der Waals surface area contributed by atoms with Crippen LogP contribution in [0.2, 0.25) is 0 Å². The third-order valence-corrected chi connectivity index (χ3v) is 5.24. The fourth-order valence-corrected chi connectivity index (χ4v) is 3.73. The number of halogens is 2. The van der Waals surface area contributed by atoms with E-state index in [1.807, 2.05) is 24.3 Å². The summed E-state index contributed by atoms with van der Waals surface area (Å²) in [6.45, 7) is 3.66. The Balaban J connectivity index is 0.00000160. The number of para-hydroxylation sites is 1. The third-order valence-electron chi connectivity index (χ3n) is 5.24. The van der Waals surface area contributed by atoms with Gasteiger partial charge in [-0.25, -0.2) is 4.98 Å². The zero-order valence-electron chi connectivity index (χ0n) is 17.3. The zero-order valence-corrected chi connectivity index (χ0v) is 18.9. The van der Waals surface area contributed by atoms with Gasteiger partial charge in [-0.1, -0.05) is 18.2 Å². The fourth-order valence-electron chi connectivity index (χ4n) is 3.73. The van der Waals surface area contributed by atoms with E-state index in [1.54, 1.807) is 14.2 Å². The lowest BCUT2D eigenvalue weighted by molar-refractivity contribution is 0.217. The van der Waals surface area contributed by atoms with Crippen molar-refractivity contribution in [1.29, 1.82) is 0 Å². The first kappa shape index (κ1) is 24.1. The van der Waals surface area contributed by atoms with Crippen LogP contribution in [-0.4, -0.2) is 43.8 Å². The maximum atomic E-state index is 5.87. The number of rotatable bonds is 7. The van der Waals surface area contributed by atoms with E-state index in [2.05, 4.69) is 34.1 Å². The summed E-state index contributed by atoms with van der Waals surface area (Å²) in [6, 6.07) is 16.3. The van der Waals surface area contributed by atoms with Crippen molar-refractivity contribution in [2.45, 2.75) is 19.4 Å². The molecular weight excluding hydrogens is 423 g/mol. The lowest BCUT2D eigenvalue weighted by atomic mass is 9.98. The topological polar surface area (TPSA) is 43.8 Å². The summed E-state index contributed by atoms with van der Waals surface area (Å²) in [5.74, 6) is 2.30. The molecule has 0 radical (unpaired) electrons. The lowest BCUT2D eigenvalue weighted by Gasteiger charge is -2.29. The maximum absolute atomic E-state index is 5.87. The van der Waals surface area contributed by atoms with Crippen molar-refractivity contribution in [3.63, 3.8) is 0 Å². The van der Waals surface area contributed by atoms with E-state index < -0.39 is 0 Å². The van der Waals surface area contributed by atoms with E-state index >= 15 is 0 Å². The molecule has 0 spiro atoms. The van der Waals surface area contributed by atoms with Crippen molar-refractivity contribution in [2.75, 3.05) is 33.9 Å². The van der Waals surface area contributed by atoms with Gasteiger partial charge in [0.25, 0.3) is 0 Å². The number of ether oxygens (including phenoxy) is 3. The summed E-state index contributed by atoms with van der Waals surface area (Å²) in [6.07, 6.45) is 2.00. The molecule has 30 heavy (non-hydrogen) atoms. The highest BCUT2D eigenvalue weighted by Gasteiger charge is 2.19. The molecule has 162 valence electrons. The van der Waals surface area contributed by atoms with Gasteiger partial charge in [0.15, 0.2) is 11.5 Å². The van der Waals surface area contributed by atoms with Crippen LogP contribution in [0.1, 0.15) is 17.5 Å². The molecule has 4 rings (SSSR count). The molecule has 0 aliphatic carbocycles. The highest BCUT2D eigenvalue weighted by Crippen LogP contribution is 2.33. The van der Waals surface area contributed by atoms with Gasteiger partial charge in [-0.2, -0.15) is 0 Å². The monoisotopic (exact) mass is 450 g/mol. The van der Waals surface area contributed by atoms with Gasteiger partial charge in [0.2, 0.25) is 5.88 Å².